The first kappa shape index (κ1) is 13.9. The normalized spacial score (nSPS) is 41.1. The molecule has 5 atom stereocenters. The highest BCUT2D eigenvalue weighted by Crippen LogP contribution is 2.35. The van der Waals surface area contributed by atoms with Gasteiger partial charge in [0.1, 0.15) is 24.4 Å². The maximum Gasteiger partial charge on any atom is 0.111 e. The van der Waals surface area contributed by atoms with Crippen LogP contribution in [0.3, 0.4) is 0 Å². The zero-order chi connectivity index (χ0) is 12.5. The first-order chi connectivity index (χ1) is 7.35. The summed E-state index contributed by atoms with van der Waals surface area (Å²) in [5.41, 5.74) is -0.325. The van der Waals surface area contributed by atoms with Gasteiger partial charge in [0.2, 0.25) is 0 Å². The molecule has 0 bridgehead atoms. The van der Waals surface area contributed by atoms with E-state index in [1.54, 1.807) is 0 Å². The molecule has 1 saturated heterocycles. The Kier molecular flexibility index (Phi) is 4.31. The maximum absolute atomic E-state index is 9.87. The summed E-state index contributed by atoms with van der Waals surface area (Å²) in [6.07, 6.45) is -4.32. The predicted molar refractivity (Wildman–Crippen MR) is 57.8 cm³/mol. The largest absolute Gasteiger partial charge is 0.394 e. The highest BCUT2D eigenvalue weighted by atomic mass is 16.5. The van der Waals surface area contributed by atoms with Gasteiger partial charge in [-0.3, -0.25) is 0 Å². The highest BCUT2D eigenvalue weighted by Gasteiger charge is 2.48. The van der Waals surface area contributed by atoms with E-state index in [1.165, 1.54) is 0 Å². The molecule has 96 valence electrons. The van der Waals surface area contributed by atoms with Crippen molar-refractivity contribution in [3.05, 3.63) is 0 Å². The molecule has 1 fully saturated rings. The number of hydrogen-bond acceptors (Lipinski definition) is 5. The van der Waals surface area contributed by atoms with Crippen LogP contribution in [0.15, 0.2) is 0 Å². The lowest BCUT2D eigenvalue weighted by molar-refractivity contribution is -0.252. The third-order valence-corrected chi connectivity index (χ3v) is 3.57. The van der Waals surface area contributed by atoms with E-state index in [0.717, 1.165) is 6.42 Å². The molecule has 0 radical (unpaired) electrons. The van der Waals surface area contributed by atoms with Crippen molar-refractivity contribution in [1.82, 2.24) is 0 Å². The van der Waals surface area contributed by atoms with Crippen LogP contribution in [-0.2, 0) is 4.74 Å². The Morgan fingerprint density at radius 1 is 1.06 bits per heavy atom. The quantitative estimate of drug-likeness (QED) is 0.516. The molecule has 0 aromatic carbocycles. The fourth-order valence-corrected chi connectivity index (χ4v) is 1.95. The third kappa shape index (κ3) is 2.38. The van der Waals surface area contributed by atoms with Crippen LogP contribution in [0.5, 0.6) is 0 Å². The van der Waals surface area contributed by atoms with Gasteiger partial charge in [0.15, 0.2) is 0 Å². The molecule has 1 rings (SSSR count). The van der Waals surface area contributed by atoms with E-state index in [9.17, 15) is 15.3 Å². The smallest absolute Gasteiger partial charge is 0.111 e. The molecule has 1 aliphatic heterocycles. The van der Waals surface area contributed by atoms with Crippen molar-refractivity contribution in [3.63, 3.8) is 0 Å². The summed E-state index contributed by atoms with van der Waals surface area (Å²) in [7, 11) is 0. The van der Waals surface area contributed by atoms with Crippen molar-refractivity contribution in [3.8, 4) is 0 Å². The molecular weight excluding hydrogens is 212 g/mol. The second-order valence-corrected chi connectivity index (χ2v) is 5.09. The van der Waals surface area contributed by atoms with E-state index in [2.05, 4.69) is 0 Å². The molecule has 4 N–H and O–H groups in total. The molecule has 5 unspecified atom stereocenters. The SMILES string of the molecule is CCC(C)(C)C1OC(CO)C(O)C(O)C1O. The lowest BCUT2D eigenvalue weighted by Gasteiger charge is -2.46. The van der Waals surface area contributed by atoms with E-state index < -0.39 is 30.5 Å². The topological polar surface area (TPSA) is 90.2 Å². The van der Waals surface area contributed by atoms with Crippen molar-refractivity contribution < 1.29 is 25.2 Å². The molecule has 0 spiro atoms. The molecule has 0 amide bonds. The first-order valence-electron chi connectivity index (χ1n) is 5.65. The van der Waals surface area contributed by atoms with E-state index >= 15 is 0 Å². The second kappa shape index (κ2) is 4.98. The number of rotatable bonds is 3. The van der Waals surface area contributed by atoms with E-state index in [4.69, 9.17) is 9.84 Å². The standard InChI is InChI=1S/C11H22O5/c1-4-11(2,3)10-9(15)8(14)7(13)6(5-12)16-10/h6-10,12-15H,4-5H2,1-3H3. The third-order valence-electron chi connectivity index (χ3n) is 3.57. The molecule has 0 saturated carbocycles. The lowest BCUT2D eigenvalue weighted by atomic mass is 9.77. The van der Waals surface area contributed by atoms with Crippen LogP contribution in [0, 0.1) is 5.41 Å². The summed E-state index contributed by atoms with van der Waals surface area (Å²) in [6, 6.07) is 0. The molecular formula is C11H22O5. The molecule has 5 heteroatoms. The summed E-state index contributed by atoms with van der Waals surface area (Å²) in [5, 5.41) is 38.2. The highest BCUT2D eigenvalue weighted by molar-refractivity contribution is 4.97. The molecule has 0 aromatic heterocycles. The van der Waals surface area contributed by atoms with E-state index in [-0.39, 0.29) is 12.0 Å². The fraction of sp³-hybridized carbons (Fsp3) is 1.00. The van der Waals surface area contributed by atoms with Gasteiger partial charge in [-0.25, -0.2) is 0 Å². The summed E-state index contributed by atoms with van der Waals surface area (Å²) < 4.78 is 5.48. The summed E-state index contributed by atoms with van der Waals surface area (Å²) in [4.78, 5) is 0. The number of hydrogen-bond donors (Lipinski definition) is 4. The number of ether oxygens (including phenoxy) is 1. The van der Waals surface area contributed by atoms with Crippen LogP contribution in [-0.4, -0.2) is 57.6 Å². The average molecular weight is 234 g/mol. The monoisotopic (exact) mass is 234 g/mol. The average Bonchev–Trinajstić information content (AvgIpc) is 2.26. The van der Waals surface area contributed by atoms with Crippen LogP contribution in [0.4, 0.5) is 0 Å². The minimum atomic E-state index is -1.28. The van der Waals surface area contributed by atoms with Gasteiger partial charge in [-0.05, 0) is 11.8 Å². The van der Waals surface area contributed by atoms with Gasteiger partial charge in [0, 0.05) is 0 Å². The van der Waals surface area contributed by atoms with Crippen molar-refractivity contribution in [1.29, 1.82) is 0 Å². The molecule has 1 heterocycles. The van der Waals surface area contributed by atoms with Gasteiger partial charge in [0.05, 0.1) is 12.7 Å². The zero-order valence-electron chi connectivity index (χ0n) is 10.00. The Morgan fingerprint density at radius 3 is 2.06 bits per heavy atom. The molecule has 0 aliphatic carbocycles. The van der Waals surface area contributed by atoms with Gasteiger partial charge in [-0.15, -0.1) is 0 Å². The van der Waals surface area contributed by atoms with Crippen molar-refractivity contribution in [2.45, 2.75) is 57.7 Å². The second-order valence-electron chi connectivity index (χ2n) is 5.09. The summed E-state index contributed by atoms with van der Waals surface area (Å²) in [6.45, 7) is 5.42. The van der Waals surface area contributed by atoms with Crippen molar-refractivity contribution in [2.75, 3.05) is 6.61 Å². The van der Waals surface area contributed by atoms with E-state index in [0.29, 0.717) is 0 Å². The Labute approximate surface area is 95.7 Å². The van der Waals surface area contributed by atoms with Gasteiger partial charge >= 0.3 is 0 Å². The van der Waals surface area contributed by atoms with Gasteiger partial charge in [-0.1, -0.05) is 20.8 Å². The van der Waals surface area contributed by atoms with Crippen LogP contribution >= 0.6 is 0 Å². The minimum absolute atomic E-state index is 0.325. The Bertz CT molecular complexity index is 228. The number of aliphatic hydroxyl groups excluding tert-OH is 4. The molecule has 5 nitrogen and oxygen atoms in total. The lowest BCUT2D eigenvalue weighted by Crippen LogP contribution is -2.61. The van der Waals surface area contributed by atoms with E-state index in [1.807, 2.05) is 20.8 Å². The summed E-state index contributed by atoms with van der Waals surface area (Å²) >= 11 is 0. The Balaban J connectivity index is 2.87. The van der Waals surface area contributed by atoms with Crippen LogP contribution in [0.25, 0.3) is 0 Å². The fourth-order valence-electron chi connectivity index (χ4n) is 1.95. The summed E-state index contributed by atoms with van der Waals surface area (Å²) in [5.74, 6) is 0. The van der Waals surface area contributed by atoms with Gasteiger partial charge < -0.3 is 25.2 Å². The Hall–Kier alpha value is -0.200. The minimum Gasteiger partial charge on any atom is -0.394 e. The maximum atomic E-state index is 9.87. The van der Waals surface area contributed by atoms with Crippen molar-refractivity contribution in [2.24, 2.45) is 5.41 Å². The van der Waals surface area contributed by atoms with Crippen LogP contribution < -0.4 is 0 Å². The Morgan fingerprint density at radius 2 is 1.62 bits per heavy atom. The van der Waals surface area contributed by atoms with Gasteiger partial charge in [0.25, 0.3) is 0 Å². The first-order valence-corrected chi connectivity index (χ1v) is 5.65. The number of aliphatic hydroxyl groups is 4. The van der Waals surface area contributed by atoms with Crippen LogP contribution in [0.1, 0.15) is 27.2 Å². The molecule has 16 heavy (non-hydrogen) atoms. The van der Waals surface area contributed by atoms with Gasteiger partial charge in [-0.2, -0.15) is 0 Å². The predicted octanol–water partition coefficient (Wildman–Crippen LogP) is -0.735. The molecule has 1 aliphatic rings. The van der Waals surface area contributed by atoms with Crippen LogP contribution in [0.2, 0.25) is 0 Å². The van der Waals surface area contributed by atoms with Crippen molar-refractivity contribution >= 4 is 0 Å². The molecule has 0 aromatic rings. The zero-order valence-corrected chi connectivity index (χ0v) is 10.00.